The maximum Gasteiger partial charge on any atom is 0.416 e. The molecule has 12 heteroatoms. The normalized spacial score (nSPS) is 11.7. The molecule has 1 aromatic heterocycles. The zero-order valence-electron chi connectivity index (χ0n) is 22.3. The van der Waals surface area contributed by atoms with E-state index in [1.165, 1.54) is 37.6 Å². The van der Waals surface area contributed by atoms with Gasteiger partial charge in [0, 0.05) is 15.6 Å². The van der Waals surface area contributed by atoms with Crippen molar-refractivity contribution < 1.29 is 32.5 Å². The Bertz CT molecular complexity index is 1940. The standard InChI is InChI=1S/C31H21BrF3N3O5/c1-42-26-15-23(32)14-21(27(26)43-17-18-6-4-8-20(12-18)30(40)41)16-36-38-28(19-7-5-9-22(13-19)31(33,34)35)37-25-11-3-2-10-24(25)29(38)39/h2-16H,17H2,1H3,(H,40,41). The number of hydrogen-bond donors (Lipinski definition) is 1. The average molecular weight is 652 g/mol. The molecule has 43 heavy (non-hydrogen) atoms. The lowest BCUT2D eigenvalue weighted by atomic mass is 10.1. The summed E-state index contributed by atoms with van der Waals surface area (Å²) in [6.45, 7) is -0.0209. The Morgan fingerprint density at radius 1 is 1.05 bits per heavy atom. The third-order valence-electron chi connectivity index (χ3n) is 6.34. The largest absolute Gasteiger partial charge is 0.493 e. The van der Waals surface area contributed by atoms with Gasteiger partial charge in [-0.15, -0.1) is 0 Å². The number of carbonyl (C=O) groups is 1. The lowest BCUT2D eigenvalue weighted by Crippen LogP contribution is -2.20. The van der Waals surface area contributed by atoms with Crippen LogP contribution in [-0.2, 0) is 12.8 Å². The molecule has 4 aromatic carbocycles. The maximum atomic E-state index is 13.6. The zero-order chi connectivity index (χ0) is 30.7. The molecule has 0 radical (unpaired) electrons. The van der Waals surface area contributed by atoms with Gasteiger partial charge in [0.1, 0.15) is 6.61 Å². The van der Waals surface area contributed by atoms with E-state index < -0.39 is 23.3 Å². The van der Waals surface area contributed by atoms with Crippen molar-refractivity contribution in [1.29, 1.82) is 0 Å². The Morgan fingerprint density at radius 2 is 1.81 bits per heavy atom. The van der Waals surface area contributed by atoms with Gasteiger partial charge >= 0.3 is 12.1 Å². The molecule has 0 atom stereocenters. The molecule has 1 heterocycles. The molecule has 0 aliphatic carbocycles. The first-order valence-electron chi connectivity index (χ1n) is 12.6. The van der Waals surface area contributed by atoms with Crippen LogP contribution in [-0.4, -0.2) is 34.1 Å². The summed E-state index contributed by atoms with van der Waals surface area (Å²) in [5.74, 6) is -0.632. The highest BCUT2D eigenvalue weighted by Gasteiger charge is 2.31. The number of aromatic carboxylic acids is 1. The van der Waals surface area contributed by atoms with Crippen molar-refractivity contribution in [1.82, 2.24) is 9.66 Å². The predicted octanol–water partition coefficient (Wildman–Crippen LogP) is 7.01. The van der Waals surface area contributed by atoms with Crippen molar-refractivity contribution in [2.24, 2.45) is 5.10 Å². The van der Waals surface area contributed by atoms with Crippen LogP contribution in [0.25, 0.3) is 22.3 Å². The van der Waals surface area contributed by atoms with Crippen molar-refractivity contribution in [3.8, 4) is 22.9 Å². The van der Waals surface area contributed by atoms with Gasteiger partial charge in [0.25, 0.3) is 5.56 Å². The Balaban J connectivity index is 1.62. The number of aromatic nitrogens is 2. The number of benzene rings is 4. The predicted molar refractivity (Wildman–Crippen MR) is 158 cm³/mol. The molecule has 8 nitrogen and oxygen atoms in total. The van der Waals surface area contributed by atoms with E-state index >= 15 is 0 Å². The van der Waals surface area contributed by atoms with Crippen LogP contribution in [0, 0.1) is 0 Å². The van der Waals surface area contributed by atoms with E-state index in [0.717, 1.165) is 16.8 Å². The zero-order valence-corrected chi connectivity index (χ0v) is 23.9. The molecule has 218 valence electrons. The number of halogens is 4. The minimum atomic E-state index is -4.61. The summed E-state index contributed by atoms with van der Waals surface area (Å²) in [5.41, 5.74) is -0.132. The van der Waals surface area contributed by atoms with E-state index in [0.29, 0.717) is 26.9 Å². The molecule has 0 bridgehead atoms. The van der Waals surface area contributed by atoms with Crippen molar-refractivity contribution in [2.45, 2.75) is 12.8 Å². The smallest absolute Gasteiger partial charge is 0.416 e. The molecule has 5 aromatic rings. The van der Waals surface area contributed by atoms with Gasteiger partial charge in [0.2, 0.25) is 0 Å². The fraction of sp³-hybridized carbons (Fsp3) is 0.0968. The van der Waals surface area contributed by atoms with Crippen molar-refractivity contribution in [3.05, 3.63) is 122 Å². The van der Waals surface area contributed by atoms with E-state index in [9.17, 15) is 27.9 Å². The number of ether oxygens (including phenoxy) is 2. The third kappa shape index (κ3) is 6.44. The van der Waals surface area contributed by atoms with Gasteiger partial charge < -0.3 is 14.6 Å². The van der Waals surface area contributed by atoms with Crippen molar-refractivity contribution in [2.75, 3.05) is 7.11 Å². The molecule has 1 N–H and O–H groups in total. The molecule has 0 aliphatic rings. The van der Waals surface area contributed by atoms with Gasteiger partial charge in [-0.3, -0.25) is 4.79 Å². The first-order chi connectivity index (χ1) is 20.5. The average Bonchev–Trinajstić information content (AvgIpc) is 2.99. The molecular formula is C31H21BrF3N3O5. The minimum Gasteiger partial charge on any atom is -0.493 e. The summed E-state index contributed by atoms with van der Waals surface area (Å²) < 4.78 is 53.6. The van der Waals surface area contributed by atoms with E-state index in [-0.39, 0.29) is 34.7 Å². The molecule has 5 rings (SSSR count). The van der Waals surface area contributed by atoms with E-state index in [4.69, 9.17) is 9.47 Å². The number of nitrogens with zero attached hydrogens (tertiary/aromatic N) is 3. The van der Waals surface area contributed by atoms with Gasteiger partial charge in [0.05, 0.1) is 35.4 Å². The molecular weight excluding hydrogens is 631 g/mol. The Hall–Kier alpha value is -4.97. The summed E-state index contributed by atoms with van der Waals surface area (Å²) in [5, 5.41) is 13.9. The monoisotopic (exact) mass is 651 g/mol. The van der Waals surface area contributed by atoms with Gasteiger partial charge in [0.15, 0.2) is 17.3 Å². The van der Waals surface area contributed by atoms with Gasteiger partial charge in [-0.1, -0.05) is 52.3 Å². The van der Waals surface area contributed by atoms with E-state index in [2.05, 4.69) is 26.0 Å². The lowest BCUT2D eigenvalue weighted by Gasteiger charge is -2.15. The highest BCUT2D eigenvalue weighted by atomic mass is 79.9. The van der Waals surface area contributed by atoms with Crippen molar-refractivity contribution in [3.63, 3.8) is 0 Å². The van der Waals surface area contributed by atoms with Gasteiger partial charge in [-0.05, 0) is 54.1 Å². The summed E-state index contributed by atoms with van der Waals surface area (Å²) in [7, 11) is 1.43. The highest BCUT2D eigenvalue weighted by Crippen LogP contribution is 2.35. The molecule has 0 saturated heterocycles. The fourth-order valence-corrected chi connectivity index (χ4v) is 4.77. The van der Waals surface area contributed by atoms with Crippen molar-refractivity contribution >= 4 is 39.0 Å². The molecule has 0 amide bonds. The molecule has 0 aliphatic heterocycles. The van der Waals surface area contributed by atoms with Gasteiger partial charge in [-0.25, -0.2) is 9.78 Å². The number of alkyl halides is 3. The Labute approximate surface area is 250 Å². The van der Waals surface area contributed by atoms with Crippen LogP contribution in [0.5, 0.6) is 11.5 Å². The second kappa shape index (κ2) is 12.1. The fourth-order valence-electron chi connectivity index (χ4n) is 4.31. The number of rotatable bonds is 8. The first kappa shape index (κ1) is 29.5. The Kier molecular flexibility index (Phi) is 8.31. The lowest BCUT2D eigenvalue weighted by molar-refractivity contribution is -0.137. The third-order valence-corrected chi connectivity index (χ3v) is 6.80. The quantitative estimate of drug-likeness (QED) is 0.181. The molecule has 0 spiro atoms. The molecule has 0 saturated carbocycles. The van der Waals surface area contributed by atoms with E-state index in [1.54, 1.807) is 48.5 Å². The topological polar surface area (TPSA) is 103 Å². The number of carboxylic acids is 1. The number of fused-ring (bicyclic) bond motifs is 1. The number of carboxylic acid groups (broad SMARTS) is 1. The second-order valence-corrected chi connectivity index (χ2v) is 10.1. The van der Waals surface area contributed by atoms with Crippen LogP contribution in [0.1, 0.15) is 27.0 Å². The van der Waals surface area contributed by atoms with Crippen LogP contribution in [0.3, 0.4) is 0 Å². The molecule has 0 unspecified atom stereocenters. The summed E-state index contributed by atoms with van der Waals surface area (Å²) in [6, 6.07) is 20.5. The minimum absolute atomic E-state index is 0.0209. The SMILES string of the molecule is COc1cc(Br)cc(C=Nn2c(-c3cccc(C(F)(F)F)c3)nc3ccccc3c2=O)c1OCc1cccc(C(=O)O)c1. The maximum absolute atomic E-state index is 13.6. The summed E-state index contributed by atoms with van der Waals surface area (Å²) in [6.07, 6.45) is -3.30. The van der Waals surface area contributed by atoms with Crippen LogP contribution in [0.15, 0.2) is 99.3 Å². The number of methoxy groups -OCH3 is 1. The summed E-state index contributed by atoms with van der Waals surface area (Å²) >= 11 is 3.41. The van der Waals surface area contributed by atoms with Crippen LogP contribution in [0.4, 0.5) is 13.2 Å². The van der Waals surface area contributed by atoms with Crippen LogP contribution >= 0.6 is 15.9 Å². The summed E-state index contributed by atoms with van der Waals surface area (Å²) in [4.78, 5) is 29.4. The molecule has 0 fully saturated rings. The first-order valence-corrected chi connectivity index (χ1v) is 13.4. The van der Waals surface area contributed by atoms with Crippen LogP contribution in [0.2, 0.25) is 0 Å². The van der Waals surface area contributed by atoms with E-state index in [1.807, 2.05) is 0 Å². The van der Waals surface area contributed by atoms with Gasteiger partial charge in [-0.2, -0.15) is 22.9 Å². The Morgan fingerprint density at radius 3 is 2.56 bits per heavy atom. The van der Waals surface area contributed by atoms with Crippen LogP contribution < -0.4 is 15.0 Å². The number of hydrogen-bond acceptors (Lipinski definition) is 6. The highest BCUT2D eigenvalue weighted by molar-refractivity contribution is 9.10. The number of para-hydroxylation sites is 1. The second-order valence-electron chi connectivity index (χ2n) is 9.21.